The molecule has 1 aromatic rings. The molecule has 2 N–H and O–H groups in total. The van der Waals surface area contributed by atoms with E-state index >= 15 is 0 Å². The van der Waals surface area contributed by atoms with Gasteiger partial charge in [0.2, 0.25) is 5.91 Å². The number of benzene rings is 1. The Kier molecular flexibility index (Phi) is 9.00. The van der Waals surface area contributed by atoms with Crippen molar-refractivity contribution in [2.24, 2.45) is 4.99 Å². The Labute approximate surface area is 182 Å². The molecule has 0 unspecified atom stereocenters. The zero-order valence-electron chi connectivity index (χ0n) is 18.8. The fourth-order valence-electron chi connectivity index (χ4n) is 4.38. The van der Waals surface area contributed by atoms with Gasteiger partial charge in [0.1, 0.15) is 0 Å². The van der Waals surface area contributed by atoms with E-state index in [9.17, 15) is 4.79 Å². The number of nitrogens with zero attached hydrogens (tertiary/aromatic N) is 3. The van der Waals surface area contributed by atoms with Crippen LogP contribution in [0.15, 0.2) is 29.3 Å². The molecule has 3 rings (SSSR count). The van der Waals surface area contributed by atoms with Crippen LogP contribution >= 0.6 is 0 Å². The highest BCUT2D eigenvalue weighted by molar-refractivity contribution is 5.80. The average Bonchev–Trinajstić information content (AvgIpc) is 2.80. The number of amides is 1. The second kappa shape index (κ2) is 11.9. The molecule has 0 saturated carbocycles. The SMILES string of the molecule is CCCCN1CCC(NC(=NC)NCCCC(=O)N2CCc3ccccc3C2)CC1. The maximum atomic E-state index is 12.6. The molecule has 2 heterocycles. The van der Waals surface area contributed by atoms with E-state index in [0.29, 0.717) is 12.5 Å². The van der Waals surface area contributed by atoms with Crippen molar-refractivity contribution in [2.45, 2.75) is 64.5 Å². The summed E-state index contributed by atoms with van der Waals surface area (Å²) < 4.78 is 0. The van der Waals surface area contributed by atoms with Gasteiger partial charge < -0.3 is 20.4 Å². The third kappa shape index (κ3) is 6.73. The molecule has 1 aromatic carbocycles. The summed E-state index contributed by atoms with van der Waals surface area (Å²) in [7, 11) is 1.82. The summed E-state index contributed by atoms with van der Waals surface area (Å²) in [6.45, 7) is 8.18. The highest BCUT2D eigenvalue weighted by atomic mass is 16.2. The number of carbonyl (C=O) groups is 1. The van der Waals surface area contributed by atoms with Crippen LogP contribution in [0, 0.1) is 0 Å². The maximum Gasteiger partial charge on any atom is 0.222 e. The van der Waals surface area contributed by atoms with Gasteiger partial charge in [-0.15, -0.1) is 0 Å². The van der Waals surface area contributed by atoms with Gasteiger partial charge in [0.05, 0.1) is 0 Å². The first kappa shape index (κ1) is 22.6. The Bertz CT molecular complexity index is 697. The zero-order chi connectivity index (χ0) is 21.2. The van der Waals surface area contributed by atoms with Crippen molar-refractivity contribution in [3.05, 3.63) is 35.4 Å². The lowest BCUT2D eigenvalue weighted by Crippen LogP contribution is -2.49. The second-order valence-electron chi connectivity index (χ2n) is 8.55. The highest BCUT2D eigenvalue weighted by Gasteiger charge is 2.21. The van der Waals surface area contributed by atoms with E-state index in [1.54, 1.807) is 0 Å². The fraction of sp³-hybridized carbons (Fsp3) is 0.667. The molecule has 6 nitrogen and oxygen atoms in total. The van der Waals surface area contributed by atoms with Gasteiger partial charge in [0, 0.05) is 52.2 Å². The Balaban J connectivity index is 1.31. The van der Waals surface area contributed by atoms with Crippen LogP contribution in [0.2, 0.25) is 0 Å². The number of hydrogen-bond acceptors (Lipinski definition) is 3. The van der Waals surface area contributed by atoms with E-state index in [2.05, 4.69) is 51.7 Å². The minimum absolute atomic E-state index is 0.258. The van der Waals surface area contributed by atoms with E-state index in [1.807, 2.05) is 11.9 Å². The van der Waals surface area contributed by atoms with Crippen LogP contribution in [0.4, 0.5) is 0 Å². The summed E-state index contributed by atoms with van der Waals surface area (Å²) in [5, 5.41) is 6.95. The third-order valence-electron chi connectivity index (χ3n) is 6.32. The van der Waals surface area contributed by atoms with E-state index in [4.69, 9.17) is 0 Å². The molecule has 0 radical (unpaired) electrons. The molecule has 0 spiro atoms. The summed E-state index contributed by atoms with van der Waals surface area (Å²) in [4.78, 5) is 21.5. The molecule has 0 bridgehead atoms. The monoisotopic (exact) mass is 413 g/mol. The molecule has 0 atom stereocenters. The molecular formula is C24H39N5O. The van der Waals surface area contributed by atoms with Crippen molar-refractivity contribution in [3.63, 3.8) is 0 Å². The van der Waals surface area contributed by atoms with Crippen LogP contribution in [0.3, 0.4) is 0 Å². The van der Waals surface area contributed by atoms with Gasteiger partial charge in [0.15, 0.2) is 5.96 Å². The summed E-state index contributed by atoms with van der Waals surface area (Å²) >= 11 is 0. The van der Waals surface area contributed by atoms with Gasteiger partial charge in [-0.05, 0) is 49.8 Å². The molecule has 1 fully saturated rings. The maximum absolute atomic E-state index is 12.6. The lowest BCUT2D eigenvalue weighted by Gasteiger charge is -2.33. The number of unbranched alkanes of at least 4 members (excludes halogenated alkanes) is 1. The van der Waals surface area contributed by atoms with Crippen molar-refractivity contribution >= 4 is 11.9 Å². The molecular weight excluding hydrogens is 374 g/mol. The molecule has 2 aliphatic heterocycles. The van der Waals surface area contributed by atoms with Crippen LogP contribution < -0.4 is 10.6 Å². The van der Waals surface area contributed by atoms with Crippen LogP contribution in [-0.4, -0.2) is 67.5 Å². The van der Waals surface area contributed by atoms with Crippen molar-refractivity contribution in [1.29, 1.82) is 0 Å². The number of hydrogen-bond donors (Lipinski definition) is 2. The number of carbonyl (C=O) groups excluding carboxylic acids is 1. The van der Waals surface area contributed by atoms with Crippen LogP contribution in [0.5, 0.6) is 0 Å². The number of piperidine rings is 1. The number of likely N-dealkylation sites (tertiary alicyclic amines) is 1. The number of fused-ring (bicyclic) bond motifs is 1. The first-order valence-corrected chi connectivity index (χ1v) is 11.7. The predicted octanol–water partition coefficient (Wildman–Crippen LogP) is 2.78. The van der Waals surface area contributed by atoms with Crippen LogP contribution in [-0.2, 0) is 17.8 Å². The molecule has 30 heavy (non-hydrogen) atoms. The van der Waals surface area contributed by atoms with Gasteiger partial charge in [-0.2, -0.15) is 0 Å². The minimum Gasteiger partial charge on any atom is -0.356 e. The largest absolute Gasteiger partial charge is 0.356 e. The van der Waals surface area contributed by atoms with Gasteiger partial charge >= 0.3 is 0 Å². The van der Waals surface area contributed by atoms with E-state index in [1.165, 1.54) is 56.4 Å². The Morgan fingerprint density at radius 3 is 2.63 bits per heavy atom. The highest BCUT2D eigenvalue weighted by Crippen LogP contribution is 2.19. The van der Waals surface area contributed by atoms with Crippen LogP contribution in [0.1, 0.15) is 56.6 Å². The van der Waals surface area contributed by atoms with Gasteiger partial charge in [0.25, 0.3) is 0 Å². The van der Waals surface area contributed by atoms with Gasteiger partial charge in [-0.1, -0.05) is 37.6 Å². The third-order valence-corrected chi connectivity index (χ3v) is 6.32. The van der Waals surface area contributed by atoms with Crippen molar-refractivity contribution < 1.29 is 4.79 Å². The summed E-state index contributed by atoms with van der Waals surface area (Å²) in [5.74, 6) is 1.12. The Morgan fingerprint density at radius 1 is 1.13 bits per heavy atom. The number of guanidine groups is 1. The normalized spacial score (nSPS) is 18.2. The molecule has 1 amide bonds. The second-order valence-corrected chi connectivity index (χ2v) is 8.55. The first-order valence-electron chi connectivity index (χ1n) is 11.7. The number of nitrogens with one attached hydrogen (secondary N) is 2. The molecule has 2 aliphatic rings. The summed E-state index contributed by atoms with van der Waals surface area (Å²) in [6, 6.07) is 8.95. The molecule has 1 saturated heterocycles. The van der Waals surface area contributed by atoms with E-state index in [0.717, 1.165) is 38.4 Å². The van der Waals surface area contributed by atoms with E-state index < -0.39 is 0 Å². The number of rotatable bonds is 8. The molecule has 6 heteroatoms. The van der Waals surface area contributed by atoms with Gasteiger partial charge in [-0.3, -0.25) is 9.79 Å². The van der Waals surface area contributed by atoms with Crippen molar-refractivity contribution in [2.75, 3.05) is 39.8 Å². The smallest absolute Gasteiger partial charge is 0.222 e. The lowest BCUT2D eigenvalue weighted by molar-refractivity contribution is -0.132. The summed E-state index contributed by atoms with van der Waals surface area (Å²) in [6.07, 6.45) is 7.27. The zero-order valence-corrected chi connectivity index (χ0v) is 18.8. The molecule has 0 aliphatic carbocycles. The molecule has 166 valence electrons. The quantitative estimate of drug-likeness (QED) is 0.391. The standard InChI is InChI=1S/C24H39N5O/c1-3-4-15-28-16-12-22(13-17-28)27-24(25-2)26-14-7-10-23(30)29-18-11-20-8-5-6-9-21(20)19-29/h5-6,8-9,22H,3-4,7,10-19H2,1-2H3,(H2,25,26,27). The molecule has 0 aromatic heterocycles. The van der Waals surface area contributed by atoms with Crippen molar-refractivity contribution in [3.8, 4) is 0 Å². The van der Waals surface area contributed by atoms with Crippen LogP contribution in [0.25, 0.3) is 0 Å². The van der Waals surface area contributed by atoms with Gasteiger partial charge in [-0.25, -0.2) is 0 Å². The summed E-state index contributed by atoms with van der Waals surface area (Å²) in [5.41, 5.74) is 2.68. The Hall–Kier alpha value is -2.08. The first-order chi connectivity index (χ1) is 14.7. The fourth-order valence-corrected chi connectivity index (χ4v) is 4.38. The predicted molar refractivity (Wildman–Crippen MR) is 124 cm³/mol. The lowest BCUT2D eigenvalue weighted by atomic mass is 9.99. The average molecular weight is 414 g/mol. The van der Waals surface area contributed by atoms with Crippen molar-refractivity contribution in [1.82, 2.24) is 20.4 Å². The number of aliphatic imine (C=N–C) groups is 1. The van der Waals surface area contributed by atoms with E-state index in [-0.39, 0.29) is 5.91 Å². The minimum atomic E-state index is 0.258. The Morgan fingerprint density at radius 2 is 1.90 bits per heavy atom. The topological polar surface area (TPSA) is 60.0 Å².